The van der Waals surface area contributed by atoms with E-state index in [2.05, 4.69) is 6.07 Å². The number of likely N-dealkylation sites (N-methyl/N-ethyl adjacent to an activating group) is 2. The van der Waals surface area contributed by atoms with E-state index in [9.17, 15) is 19.2 Å². The topological polar surface area (TPSA) is 78.0 Å². The number of carbonyl (C=O) groups is 4. The number of benzene rings is 1. The second-order valence-corrected chi connectivity index (χ2v) is 6.33. The number of fused-ring (bicyclic) bond motifs is 1. The van der Waals surface area contributed by atoms with Gasteiger partial charge < -0.3 is 4.90 Å². The third-order valence-electron chi connectivity index (χ3n) is 4.94. The number of nitrogens with zero attached hydrogens (tertiary/aromatic N) is 3. The summed E-state index contributed by atoms with van der Waals surface area (Å²) in [6.07, 6.45) is 2.79. The minimum absolute atomic E-state index is 0.0803. The number of imide groups is 2. The van der Waals surface area contributed by atoms with Crippen molar-refractivity contribution in [1.82, 2.24) is 14.7 Å². The molecule has 0 spiro atoms. The van der Waals surface area contributed by atoms with Crippen molar-refractivity contribution in [2.45, 2.75) is 32.2 Å². The number of rotatable bonds is 4. The Morgan fingerprint density at radius 1 is 1.16 bits per heavy atom. The number of aryl methyl sites for hydroxylation is 1. The van der Waals surface area contributed by atoms with Crippen molar-refractivity contribution in [1.29, 1.82) is 0 Å². The Morgan fingerprint density at radius 2 is 1.84 bits per heavy atom. The predicted octanol–water partition coefficient (Wildman–Crippen LogP) is 1.33. The molecule has 25 heavy (non-hydrogen) atoms. The first-order chi connectivity index (χ1) is 12.0. The average molecular weight is 343 g/mol. The molecule has 0 N–H and O–H groups in total. The molecule has 3 rings (SSSR count). The quantitative estimate of drug-likeness (QED) is 0.610. The maximum Gasteiger partial charge on any atom is 0.334 e. The molecule has 1 aliphatic heterocycles. The fourth-order valence-electron chi connectivity index (χ4n) is 3.52. The van der Waals surface area contributed by atoms with E-state index in [4.69, 9.17) is 0 Å². The number of hydrogen-bond acceptors (Lipinski definition) is 4. The van der Waals surface area contributed by atoms with Crippen LogP contribution in [0.1, 0.15) is 36.9 Å². The first-order valence-electron chi connectivity index (χ1n) is 8.46. The number of urea groups is 1. The lowest BCUT2D eigenvalue weighted by molar-refractivity contribution is -0.145. The van der Waals surface area contributed by atoms with Gasteiger partial charge >= 0.3 is 17.8 Å². The molecule has 0 radical (unpaired) electrons. The molecule has 0 saturated carbocycles. The molecule has 1 aromatic rings. The van der Waals surface area contributed by atoms with Gasteiger partial charge in [-0.05, 0) is 37.3 Å². The molecule has 1 heterocycles. The van der Waals surface area contributed by atoms with Crippen molar-refractivity contribution in [3.05, 3.63) is 35.4 Å². The summed E-state index contributed by atoms with van der Waals surface area (Å²) in [5, 5.41) is 0. The normalized spacial score (nSPS) is 20.1. The zero-order chi connectivity index (χ0) is 18.1. The molecule has 7 heteroatoms. The van der Waals surface area contributed by atoms with Crippen molar-refractivity contribution in [2.75, 3.05) is 20.1 Å². The van der Waals surface area contributed by atoms with Gasteiger partial charge in [-0.2, -0.15) is 0 Å². The standard InChI is InChI=1S/C18H21N3O4/c1-3-20-16(23)17(24)21(18(20)25)11-15(22)19(2)14-10-6-8-12-7-4-5-9-13(12)14/h4-5,7,9,14H,3,6,8,10-11H2,1-2H3/t14-/m1/s1. The smallest absolute Gasteiger partial charge is 0.334 e. The summed E-state index contributed by atoms with van der Waals surface area (Å²) in [6, 6.07) is 7.20. The highest BCUT2D eigenvalue weighted by molar-refractivity contribution is 6.45. The van der Waals surface area contributed by atoms with Crippen LogP contribution in [0.5, 0.6) is 0 Å². The average Bonchev–Trinajstić information content (AvgIpc) is 2.83. The van der Waals surface area contributed by atoms with Crippen LogP contribution in [-0.4, -0.2) is 58.6 Å². The van der Waals surface area contributed by atoms with Crippen molar-refractivity contribution < 1.29 is 19.2 Å². The van der Waals surface area contributed by atoms with Crippen molar-refractivity contribution in [2.24, 2.45) is 0 Å². The summed E-state index contributed by atoms with van der Waals surface area (Å²) in [5.41, 5.74) is 2.33. The van der Waals surface area contributed by atoms with E-state index >= 15 is 0 Å². The summed E-state index contributed by atoms with van der Waals surface area (Å²) < 4.78 is 0. The maximum atomic E-state index is 12.7. The molecular weight excluding hydrogens is 322 g/mol. The Morgan fingerprint density at radius 3 is 2.52 bits per heavy atom. The van der Waals surface area contributed by atoms with Gasteiger partial charge in [-0.25, -0.2) is 9.69 Å². The number of carbonyl (C=O) groups excluding carboxylic acids is 4. The summed E-state index contributed by atoms with van der Waals surface area (Å²) in [6.45, 7) is 1.31. The number of amides is 5. The van der Waals surface area contributed by atoms with Gasteiger partial charge in [0.25, 0.3) is 0 Å². The monoisotopic (exact) mass is 343 g/mol. The van der Waals surface area contributed by atoms with E-state index in [1.165, 1.54) is 5.56 Å². The minimum Gasteiger partial charge on any atom is -0.337 e. The Bertz CT molecular complexity index is 746. The Kier molecular flexibility index (Phi) is 4.57. The van der Waals surface area contributed by atoms with Crippen LogP contribution in [0.2, 0.25) is 0 Å². The Balaban J connectivity index is 1.75. The maximum absolute atomic E-state index is 12.7. The van der Waals surface area contributed by atoms with Crippen molar-refractivity contribution >= 4 is 23.8 Å². The molecule has 0 unspecified atom stereocenters. The highest BCUT2D eigenvalue weighted by Crippen LogP contribution is 2.33. The zero-order valence-corrected chi connectivity index (χ0v) is 14.4. The van der Waals surface area contributed by atoms with Crippen LogP contribution in [0, 0.1) is 0 Å². The molecule has 1 atom stereocenters. The van der Waals surface area contributed by atoms with Crippen LogP contribution in [0.4, 0.5) is 4.79 Å². The van der Waals surface area contributed by atoms with Gasteiger partial charge in [-0.15, -0.1) is 0 Å². The molecule has 0 bridgehead atoms. The fraction of sp³-hybridized carbons (Fsp3) is 0.444. The van der Waals surface area contributed by atoms with Gasteiger partial charge in [-0.3, -0.25) is 19.3 Å². The molecule has 1 fully saturated rings. The molecule has 1 saturated heterocycles. The largest absolute Gasteiger partial charge is 0.337 e. The molecule has 1 aliphatic carbocycles. The SMILES string of the molecule is CCN1C(=O)C(=O)N(CC(=O)N(C)[C@@H]2CCCc3ccccc32)C1=O. The van der Waals surface area contributed by atoms with E-state index in [0.717, 1.165) is 34.6 Å². The summed E-state index contributed by atoms with van der Waals surface area (Å²) in [5.74, 6) is -2.15. The molecule has 0 aromatic heterocycles. The van der Waals surface area contributed by atoms with Crippen LogP contribution in [-0.2, 0) is 20.8 Å². The van der Waals surface area contributed by atoms with Crippen LogP contribution in [0.25, 0.3) is 0 Å². The molecule has 5 amide bonds. The Hall–Kier alpha value is -2.70. The molecular formula is C18H21N3O4. The van der Waals surface area contributed by atoms with Gasteiger partial charge in [-0.1, -0.05) is 24.3 Å². The highest BCUT2D eigenvalue weighted by atomic mass is 16.2. The van der Waals surface area contributed by atoms with Gasteiger partial charge in [0, 0.05) is 13.6 Å². The first-order valence-corrected chi connectivity index (χ1v) is 8.46. The van der Waals surface area contributed by atoms with E-state index in [1.54, 1.807) is 18.9 Å². The van der Waals surface area contributed by atoms with Crippen molar-refractivity contribution in [3.63, 3.8) is 0 Å². The minimum atomic E-state index is -0.933. The Labute approximate surface area is 146 Å². The van der Waals surface area contributed by atoms with Gasteiger partial charge in [0.15, 0.2) is 0 Å². The summed E-state index contributed by atoms with van der Waals surface area (Å²) in [4.78, 5) is 51.7. The fourth-order valence-corrected chi connectivity index (χ4v) is 3.52. The third kappa shape index (κ3) is 2.90. The van der Waals surface area contributed by atoms with Crippen molar-refractivity contribution in [3.8, 4) is 0 Å². The molecule has 1 aromatic carbocycles. The van der Waals surface area contributed by atoms with Crippen LogP contribution < -0.4 is 0 Å². The van der Waals surface area contributed by atoms with Crippen LogP contribution in [0.3, 0.4) is 0 Å². The van der Waals surface area contributed by atoms with Crippen LogP contribution in [0.15, 0.2) is 24.3 Å². The molecule has 132 valence electrons. The van der Waals surface area contributed by atoms with E-state index in [1.807, 2.05) is 18.2 Å². The van der Waals surface area contributed by atoms with Gasteiger partial charge in [0.05, 0.1) is 6.04 Å². The third-order valence-corrected chi connectivity index (χ3v) is 4.94. The lowest BCUT2D eigenvalue weighted by atomic mass is 9.87. The summed E-state index contributed by atoms with van der Waals surface area (Å²) >= 11 is 0. The lowest BCUT2D eigenvalue weighted by Crippen LogP contribution is -2.43. The molecule has 2 aliphatic rings. The second-order valence-electron chi connectivity index (χ2n) is 6.33. The van der Waals surface area contributed by atoms with E-state index < -0.39 is 24.4 Å². The van der Waals surface area contributed by atoms with E-state index in [0.29, 0.717) is 0 Å². The van der Waals surface area contributed by atoms with Gasteiger partial charge in [0.1, 0.15) is 6.54 Å². The number of hydrogen-bond donors (Lipinski definition) is 0. The van der Waals surface area contributed by atoms with Gasteiger partial charge in [0.2, 0.25) is 5.91 Å². The predicted molar refractivity (Wildman–Crippen MR) is 89.4 cm³/mol. The first kappa shape index (κ1) is 17.1. The highest BCUT2D eigenvalue weighted by Gasteiger charge is 2.45. The van der Waals surface area contributed by atoms with Crippen LogP contribution >= 0.6 is 0 Å². The summed E-state index contributed by atoms with van der Waals surface area (Å²) in [7, 11) is 1.68. The molecule has 7 nitrogen and oxygen atoms in total. The zero-order valence-electron chi connectivity index (χ0n) is 14.4. The van der Waals surface area contributed by atoms with E-state index in [-0.39, 0.29) is 18.5 Å². The second kappa shape index (κ2) is 6.66. The lowest BCUT2D eigenvalue weighted by Gasteiger charge is -2.34.